The van der Waals surface area contributed by atoms with Crippen molar-refractivity contribution in [3.8, 4) is 0 Å². The molecule has 0 saturated carbocycles. The highest BCUT2D eigenvalue weighted by molar-refractivity contribution is 5.94. The molecule has 2 aromatic carbocycles. The maximum atomic E-state index is 13.3. The molecular formula is C23H24F3N3O2. The van der Waals surface area contributed by atoms with Crippen molar-refractivity contribution in [1.82, 2.24) is 9.80 Å². The molecule has 5 nitrogen and oxygen atoms in total. The van der Waals surface area contributed by atoms with Gasteiger partial charge in [0.05, 0.1) is 23.8 Å². The van der Waals surface area contributed by atoms with Crippen LogP contribution in [0.3, 0.4) is 0 Å². The Morgan fingerprint density at radius 1 is 0.968 bits per heavy atom. The van der Waals surface area contributed by atoms with Crippen molar-refractivity contribution in [3.05, 3.63) is 65.2 Å². The van der Waals surface area contributed by atoms with Crippen molar-refractivity contribution in [3.63, 3.8) is 0 Å². The molecule has 1 saturated heterocycles. The minimum atomic E-state index is -4.57. The number of anilines is 1. The second-order valence-corrected chi connectivity index (χ2v) is 8.02. The molecule has 8 heteroatoms. The van der Waals surface area contributed by atoms with Gasteiger partial charge in [0, 0.05) is 19.6 Å². The van der Waals surface area contributed by atoms with Gasteiger partial charge in [0.15, 0.2) is 0 Å². The molecule has 164 valence electrons. The number of likely N-dealkylation sites (tertiary alicyclic amines) is 1. The zero-order valence-corrected chi connectivity index (χ0v) is 17.0. The molecule has 1 N–H and O–H groups in total. The number of hydrogen-bond acceptors (Lipinski definition) is 3. The Balaban J connectivity index is 1.53. The van der Waals surface area contributed by atoms with Crippen LogP contribution >= 0.6 is 0 Å². The number of halogens is 3. The number of fused-ring (bicyclic) bond motifs is 1. The maximum Gasteiger partial charge on any atom is 0.418 e. The number of alkyl halides is 3. The third kappa shape index (κ3) is 4.74. The summed E-state index contributed by atoms with van der Waals surface area (Å²) in [5.41, 5.74) is 0.924. The SMILES string of the molecule is O=C(CN1Cc2ccccc2C[C@@H]1C(=O)N1CCCC1)Nc1ccccc1C(F)(F)F. The Labute approximate surface area is 178 Å². The van der Waals surface area contributed by atoms with Gasteiger partial charge < -0.3 is 10.2 Å². The third-order valence-corrected chi connectivity index (χ3v) is 5.90. The molecule has 4 rings (SSSR count). The summed E-state index contributed by atoms with van der Waals surface area (Å²) < 4.78 is 39.8. The number of hydrogen-bond donors (Lipinski definition) is 1. The normalized spacial score (nSPS) is 19.2. The average molecular weight is 431 g/mol. The molecule has 0 unspecified atom stereocenters. The predicted molar refractivity (Wildman–Crippen MR) is 110 cm³/mol. The Morgan fingerprint density at radius 3 is 2.32 bits per heavy atom. The van der Waals surface area contributed by atoms with E-state index in [1.54, 1.807) is 4.90 Å². The molecule has 0 radical (unpaired) electrons. The zero-order chi connectivity index (χ0) is 22.0. The fourth-order valence-electron chi connectivity index (χ4n) is 4.35. The maximum absolute atomic E-state index is 13.3. The molecule has 2 aromatic rings. The van der Waals surface area contributed by atoms with Crippen molar-refractivity contribution in [2.45, 2.75) is 38.0 Å². The Kier molecular flexibility index (Phi) is 6.00. The minimum absolute atomic E-state index is 0.0181. The van der Waals surface area contributed by atoms with Gasteiger partial charge in [-0.3, -0.25) is 14.5 Å². The second kappa shape index (κ2) is 8.70. The number of para-hydroxylation sites is 1. The van der Waals surface area contributed by atoms with Crippen LogP contribution in [0.2, 0.25) is 0 Å². The van der Waals surface area contributed by atoms with Gasteiger partial charge >= 0.3 is 6.18 Å². The molecule has 2 aliphatic rings. The lowest BCUT2D eigenvalue weighted by molar-refractivity contribution is -0.137. The van der Waals surface area contributed by atoms with E-state index in [4.69, 9.17) is 0 Å². The first-order valence-electron chi connectivity index (χ1n) is 10.4. The van der Waals surface area contributed by atoms with E-state index in [2.05, 4.69) is 5.32 Å². The van der Waals surface area contributed by atoms with Gasteiger partial charge in [-0.15, -0.1) is 0 Å². The highest BCUT2D eigenvalue weighted by atomic mass is 19.4. The number of nitrogens with one attached hydrogen (secondary N) is 1. The monoisotopic (exact) mass is 431 g/mol. The van der Waals surface area contributed by atoms with Crippen LogP contribution in [0.5, 0.6) is 0 Å². The molecule has 1 atom stereocenters. The number of nitrogens with zero attached hydrogens (tertiary/aromatic N) is 2. The van der Waals surface area contributed by atoms with Gasteiger partial charge in [0.2, 0.25) is 11.8 Å². The molecule has 31 heavy (non-hydrogen) atoms. The standard InChI is InChI=1S/C23H24F3N3O2/c24-23(25,26)18-9-3-4-10-19(18)27-21(30)15-29-14-17-8-2-1-7-16(17)13-20(29)22(31)28-11-5-6-12-28/h1-4,7-10,20H,5-6,11-15H2,(H,27,30)/t20-/m1/s1. The fraction of sp³-hybridized carbons (Fsp3) is 0.391. The number of rotatable bonds is 4. The molecule has 1 fully saturated rings. The fourth-order valence-corrected chi connectivity index (χ4v) is 4.35. The zero-order valence-electron chi connectivity index (χ0n) is 17.0. The topological polar surface area (TPSA) is 52.7 Å². The molecule has 0 aromatic heterocycles. The van der Waals surface area contributed by atoms with Crippen LogP contribution in [0.25, 0.3) is 0 Å². The van der Waals surface area contributed by atoms with Crippen molar-refractivity contribution in [2.24, 2.45) is 0 Å². The van der Waals surface area contributed by atoms with Gasteiger partial charge in [0.25, 0.3) is 0 Å². The Hall–Kier alpha value is -2.87. The van der Waals surface area contributed by atoms with Crippen LogP contribution in [0.1, 0.15) is 29.5 Å². The number of carbonyl (C=O) groups is 2. The van der Waals surface area contributed by atoms with E-state index in [-0.39, 0.29) is 18.1 Å². The van der Waals surface area contributed by atoms with Crippen molar-refractivity contribution < 1.29 is 22.8 Å². The van der Waals surface area contributed by atoms with Crippen LogP contribution in [0.4, 0.5) is 18.9 Å². The number of benzene rings is 2. The summed E-state index contributed by atoms with van der Waals surface area (Å²) >= 11 is 0. The molecule has 0 spiro atoms. The van der Waals surface area contributed by atoms with Gasteiger partial charge in [-0.25, -0.2) is 0 Å². The summed E-state index contributed by atoms with van der Waals surface area (Å²) in [6, 6.07) is 12.2. The smallest absolute Gasteiger partial charge is 0.341 e. The van der Waals surface area contributed by atoms with Crippen molar-refractivity contribution in [2.75, 3.05) is 25.0 Å². The van der Waals surface area contributed by atoms with Gasteiger partial charge in [-0.1, -0.05) is 36.4 Å². The van der Waals surface area contributed by atoms with E-state index in [0.717, 1.165) is 30.0 Å². The summed E-state index contributed by atoms with van der Waals surface area (Å²) in [4.78, 5) is 29.5. The van der Waals surface area contributed by atoms with Gasteiger partial charge in [-0.2, -0.15) is 13.2 Å². The minimum Gasteiger partial charge on any atom is -0.341 e. The molecular weight excluding hydrogens is 407 g/mol. The Bertz CT molecular complexity index is 971. The van der Waals surface area contributed by atoms with Crippen molar-refractivity contribution in [1.29, 1.82) is 0 Å². The first-order valence-corrected chi connectivity index (χ1v) is 10.4. The highest BCUT2D eigenvalue weighted by Crippen LogP contribution is 2.34. The van der Waals surface area contributed by atoms with Gasteiger partial charge in [0.1, 0.15) is 0 Å². The van der Waals surface area contributed by atoms with E-state index in [9.17, 15) is 22.8 Å². The lowest BCUT2D eigenvalue weighted by atomic mass is 9.93. The summed E-state index contributed by atoms with van der Waals surface area (Å²) in [7, 11) is 0. The third-order valence-electron chi connectivity index (χ3n) is 5.90. The number of amides is 2. The summed E-state index contributed by atoms with van der Waals surface area (Å²) in [6.45, 7) is 1.64. The van der Waals surface area contributed by atoms with E-state index in [1.807, 2.05) is 29.2 Å². The number of carbonyl (C=O) groups excluding carboxylic acids is 2. The van der Waals surface area contributed by atoms with Crippen molar-refractivity contribution >= 4 is 17.5 Å². The summed E-state index contributed by atoms with van der Waals surface area (Å²) in [5.74, 6) is -0.592. The highest BCUT2D eigenvalue weighted by Gasteiger charge is 2.37. The lowest BCUT2D eigenvalue weighted by Crippen LogP contribution is -2.53. The molecule has 2 heterocycles. The first-order chi connectivity index (χ1) is 14.8. The van der Waals surface area contributed by atoms with E-state index >= 15 is 0 Å². The van der Waals surface area contributed by atoms with E-state index in [1.165, 1.54) is 18.2 Å². The van der Waals surface area contributed by atoms with Gasteiger partial charge in [-0.05, 0) is 42.5 Å². The molecule has 0 bridgehead atoms. The summed E-state index contributed by atoms with van der Waals surface area (Å²) in [5, 5.41) is 2.39. The van der Waals surface area contributed by atoms with E-state index in [0.29, 0.717) is 26.1 Å². The first kappa shape index (κ1) is 21.4. The van der Waals surface area contributed by atoms with E-state index < -0.39 is 23.7 Å². The summed E-state index contributed by atoms with van der Waals surface area (Å²) in [6.07, 6.45) is -2.16. The predicted octanol–water partition coefficient (Wildman–Crippen LogP) is 3.69. The molecule has 2 amide bonds. The van der Waals surface area contributed by atoms with Crippen LogP contribution < -0.4 is 5.32 Å². The lowest BCUT2D eigenvalue weighted by Gasteiger charge is -2.37. The quantitative estimate of drug-likeness (QED) is 0.804. The largest absolute Gasteiger partial charge is 0.418 e. The van der Waals surface area contributed by atoms with Crippen LogP contribution in [0, 0.1) is 0 Å². The molecule has 2 aliphatic heterocycles. The second-order valence-electron chi connectivity index (χ2n) is 8.02. The average Bonchev–Trinajstić information content (AvgIpc) is 3.27. The molecule has 0 aliphatic carbocycles. The Morgan fingerprint density at radius 2 is 1.61 bits per heavy atom. The van der Waals surface area contributed by atoms with Crippen LogP contribution in [0.15, 0.2) is 48.5 Å². The van der Waals surface area contributed by atoms with Crippen LogP contribution in [-0.2, 0) is 28.7 Å². The van der Waals surface area contributed by atoms with Crippen LogP contribution in [-0.4, -0.2) is 47.3 Å².